The summed E-state index contributed by atoms with van der Waals surface area (Å²) in [5.41, 5.74) is 7.19. The molecule has 3 N–H and O–H groups in total. The monoisotopic (exact) mass is 264 g/mol. The van der Waals surface area contributed by atoms with Crippen LogP contribution in [0.3, 0.4) is 0 Å². The molecule has 0 spiro atoms. The average molecular weight is 264 g/mol. The number of nitrogens with zero attached hydrogens (tertiary/aromatic N) is 2. The van der Waals surface area contributed by atoms with Gasteiger partial charge in [0, 0.05) is 18.3 Å². The lowest BCUT2D eigenvalue weighted by Crippen LogP contribution is -2.42. The van der Waals surface area contributed by atoms with Crippen molar-refractivity contribution < 1.29 is 9.59 Å². The first-order valence-corrected chi connectivity index (χ1v) is 6.40. The van der Waals surface area contributed by atoms with Gasteiger partial charge in [0.1, 0.15) is 5.41 Å². The van der Waals surface area contributed by atoms with Crippen molar-refractivity contribution in [1.82, 2.24) is 15.1 Å². The van der Waals surface area contributed by atoms with E-state index in [0.29, 0.717) is 12.8 Å². The smallest absolute Gasteiger partial charge is 0.238 e. The molecular formula is C13H20N4O2. The third kappa shape index (κ3) is 2.01. The van der Waals surface area contributed by atoms with Crippen molar-refractivity contribution in [2.24, 2.45) is 11.1 Å². The molecule has 0 bridgehead atoms. The summed E-state index contributed by atoms with van der Waals surface area (Å²) >= 11 is 0. The minimum atomic E-state index is -0.964. The van der Waals surface area contributed by atoms with Gasteiger partial charge in [0.25, 0.3) is 0 Å². The van der Waals surface area contributed by atoms with Gasteiger partial charge in [-0.15, -0.1) is 0 Å². The molecule has 1 aliphatic carbocycles. The second kappa shape index (κ2) is 4.36. The number of H-pyrrole nitrogens is 1. The molecular weight excluding hydrogens is 244 g/mol. The number of aromatic amines is 1. The van der Waals surface area contributed by atoms with Crippen LogP contribution in [0.4, 0.5) is 0 Å². The summed E-state index contributed by atoms with van der Waals surface area (Å²) in [4.78, 5) is 25.5. The van der Waals surface area contributed by atoms with Crippen LogP contribution in [0.5, 0.6) is 0 Å². The average Bonchev–Trinajstić information content (AvgIpc) is 3.10. The SMILES string of the molecule is Cc1n[nH]c(C)c1[C@H](C)N(C)C(=O)C1(C(N)=O)CC1. The summed E-state index contributed by atoms with van der Waals surface area (Å²) in [6, 6.07) is -0.136. The van der Waals surface area contributed by atoms with Crippen LogP contribution in [0.2, 0.25) is 0 Å². The van der Waals surface area contributed by atoms with E-state index in [0.717, 1.165) is 17.0 Å². The fourth-order valence-corrected chi connectivity index (χ4v) is 2.57. The van der Waals surface area contributed by atoms with Crippen molar-refractivity contribution in [2.75, 3.05) is 7.05 Å². The number of nitrogens with one attached hydrogen (secondary N) is 1. The second-order valence-electron chi connectivity index (χ2n) is 5.39. The predicted molar refractivity (Wildman–Crippen MR) is 70.1 cm³/mol. The van der Waals surface area contributed by atoms with Gasteiger partial charge in [0.2, 0.25) is 11.8 Å². The minimum absolute atomic E-state index is 0.136. The van der Waals surface area contributed by atoms with Crippen molar-refractivity contribution in [3.05, 3.63) is 17.0 Å². The Labute approximate surface area is 112 Å². The molecule has 1 aromatic heterocycles. The van der Waals surface area contributed by atoms with Crippen LogP contribution >= 0.6 is 0 Å². The van der Waals surface area contributed by atoms with Crippen LogP contribution in [-0.4, -0.2) is 34.0 Å². The summed E-state index contributed by atoms with van der Waals surface area (Å²) in [5.74, 6) is -0.704. The zero-order valence-electron chi connectivity index (χ0n) is 11.8. The number of nitrogens with two attached hydrogens (primary N) is 1. The van der Waals surface area contributed by atoms with Gasteiger partial charge in [0.05, 0.1) is 11.7 Å². The van der Waals surface area contributed by atoms with E-state index in [2.05, 4.69) is 10.2 Å². The van der Waals surface area contributed by atoms with Gasteiger partial charge >= 0.3 is 0 Å². The zero-order chi connectivity index (χ0) is 14.4. The van der Waals surface area contributed by atoms with Crippen molar-refractivity contribution in [1.29, 1.82) is 0 Å². The van der Waals surface area contributed by atoms with Crippen LogP contribution in [0.1, 0.15) is 42.8 Å². The molecule has 0 aliphatic heterocycles. The van der Waals surface area contributed by atoms with E-state index >= 15 is 0 Å². The van der Waals surface area contributed by atoms with Crippen LogP contribution in [0.25, 0.3) is 0 Å². The number of aromatic nitrogens is 2. The number of hydrogen-bond donors (Lipinski definition) is 2. The van der Waals surface area contributed by atoms with E-state index in [-0.39, 0.29) is 11.9 Å². The quantitative estimate of drug-likeness (QED) is 0.788. The third-order valence-corrected chi connectivity index (χ3v) is 4.14. The first-order chi connectivity index (χ1) is 8.81. The fraction of sp³-hybridized carbons (Fsp3) is 0.615. The fourth-order valence-electron chi connectivity index (χ4n) is 2.57. The summed E-state index contributed by atoms with van der Waals surface area (Å²) in [7, 11) is 1.71. The van der Waals surface area contributed by atoms with Gasteiger partial charge in [-0.3, -0.25) is 14.7 Å². The first kappa shape index (κ1) is 13.6. The molecule has 2 rings (SSSR count). The van der Waals surface area contributed by atoms with Gasteiger partial charge < -0.3 is 10.6 Å². The van der Waals surface area contributed by atoms with E-state index in [4.69, 9.17) is 5.73 Å². The van der Waals surface area contributed by atoms with Gasteiger partial charge in [-0.2, -0.15) is 5.10 Å². The van der Waals surface area contributed by atoms with E-state index < -0.39 is 11.3 Å². The highest BCUT2D eigenvalue weighted by Crippen LogP contribution is 2.47. The Bertz CT molecular complexity index is 511. The lowest BCUT2D eigenvalue weighted by molar-refractivity contribution is -0.143. The van der Waals surface area contributed by atoms with E-state index in [1.807, 2.05) is 20.8 Å². The number of carbonyl (C=O) groups is 2. The van der Waals surface area contributed by atoms with Crippen LogP contribution in [0.15, 0.2) is 0 Å². The Kier molecular flexibility index (Phi) is 3.12. The molecule has 6 heteroatoms. The van der Waals surface area contributed by atoms with Crippen molar-refractivity contribution in [3.8, 4) is 0 Å². The molecule has 1 atom stereocenters. The highest BCUT2D eigenvalue weighted by Gasteiger charge is 2.57. The Morgan fingerprint density at radius 1 is 1.42 bits per heavy atom. The highest BCUT2D eigenvalue weighted by atomic mass is 16.2. The van der Waals surface area contributed by atoms with Crippen LogP contribution < -0.4 is 5.73 Å². The minimum Gasteiger partial charge on any atom is -0.369 e. The molecule has 0 saturated heterocycles. The van der Waals surface area contributed by atoms with Gasteiger partial charge in [-0.25, -0.2) is 0 Å². The third-order valence-electron chi connectivity index (χ3n) is 4.14. The predicted octanol–water partition coefficient (Wildman–Crippen LogP) is 0.811. The second-order valence-corrected chi connectivity index (χ2v) is 5.39. The molecule has 0 aromatic carbocycles. The molecule has 1 aliphatic rings. The number of primary amides is 1. The van der Waals surface area contributed by atoms with Crippen molar-refractivity contribution in [2.45, 2.75) is 39.7 Å². The topological polar surface area (TPSA) is 92.1 Å². The van der Waals surface area contributed by atoms with E-state index in [9.17, 15) is 9.59 Å². The van der Waals surface area contributed by atoms with Gasteiger partial charge in [0.15, 0.2) is 0 Å². The lowest BCUT2D eigenvalue weighted by atomic mass is 10.0. The molecule has 0 unspecified atom stereocenters. The number of aryl methyl sites for hydroxylation is 2. The normalized spacial score (nSPS) is 17.9. The Morgan fingerprint density at radius 2 is 2.00 bits per heavy atom. The summed E-state index contributed by atoms with van der Waals surface area (Å²) in [6.45, 7) is 5.75. The maximum absolute atomic E-state index is 12.4. The molecule has 0 radical (unpaired) electrons. The molecule has 104 valence electrons. The molecule has 1 aromatic rings. The zero-order valence-corrected chi connectivity index (χ0v) is 11.8. The molecule has 2 amide bonds. The number of rotatable bonds is 4. The molecule has 6 nitrogen and oxygen atoms in total. The maximum atomic E-state index is 12.4. The molecule has 1 fully saturated rings. The summed E-state index contributed by atoms with van der Waals surface area (Å²) in [6.07, 6.45) is 1.11. The molecule has 1 heterocycles. The first-order valence-electron chi connectivity index (χ1n) is 6.40. The Morgan fingerprint density at radius 3 is 2.37 bits per heavy atom. The van der Waals surface area contributed by atoms with Crippen LogP contribution in [0, 0.1) is 19.3 Å². The number of amides is 2. The largest absolute Gasteiger partial charge is 0.369 e. The number of carbonyl (C=O) groups excluding carboxylic acids is 2. The van der Waals surface area contributed by atoms with Crippen molar-refractivity contribution >= 4 is 11.8 Å². The summed E-state index contributed by atoms with van der Waals surface area (Å²) < 4.78 is 0. The van der Waals surface area contributed by atoms with Gasteiger partial charge in [-0.05, 0) is 33.6 Å². The Hall–Kier alpha value is -1.85. The highest BCUT2D eigenvalue weighted by molar-refractivity contribution is 6.07. The Balaban J connectivity index is 2.23. The molecule has 1 saturated carbocycles. The maximum Gasteiger partial charge on any atom is 0.238 e. The van der Waals surface area contributed by atoms with E-state index in [1.54, 1.807) is 11.9 Å². The van der Waals surface area contributed by atoms with Crippen molar-refractivity contribution in [3.63, 3.8) is 0 Å². The lowest BCUT2D eigenvalue weighted by Gasteiger charge is -2.28. The summed E-state index contributed by atoms with van der Waals surface area (Å²) in [5, 5.41) is 7.05. The van der Waals surface area contributed by atoms with E-state index in [1.165, 1.54) is 0 Å². The van der Waals surface area contributed by atoms with Gasteiger partial charge in [-0.1, -0.05) is 0 Å². The molecule has 19 heavy (non-hydrogen) atoms. The standard InChI is InChI=1S/C13H20N4O2/c1-7-10(8(2)16-15-7)9(3)17(4)12(19)13(5-6-13)11(14)18/h9H,5-6H2,1-4H3,(H2,14,18)(H,15,16)/t9-/m0/s1. The van der Waals surface area contributed by atoms with Crippen LogP contribution in [-0.2, 0) is 9.59 Å². The number of hydrogen-bond acceptors (Lipinski definition) is 3.